The molecule has 0 fully saturated rings. The highest BCUT2D eigenvalue weighted by molar-refractivity contribution is 6.16. The average Bonchev–Trinajstić information content (AvgIpc) is 1.60. The Hall–Kier alpha value is -14.5. The smallest absolute Gasteiger partial charge is 0.0541 e. The summed E-state index contributed by atoms with van der Waals surface area (Å²) in [5.74, 6) is 0. The molecule has 6 nitrogen and oxygen atoms in total. The van der Waals surface area contributed by atoms with Gasteiger partial charge in [-0.3, -0.25) is 0 Å². The number of aromatic nitrogens is 6. The fraction of sp³-hybridized carbons (Fsp3) is 0.0286. The maximum absolute atomic E-state index is 2.39. The highest BCUT2D eigenvalue weighted by atomic mass is 15.0. The largest absolute Gasteiger partial charge is 0.344 e. The van der Waals surface area contributed by atoms with Gasteiger partial charge in [-0.15, -0.1) is 0 Å². The van der Waals surface area contributed by atoms with Crippen LogP contribution in [-0.2, 0) is 7.05 Å². The number of nitrogens with zero attached hydrogens (tertiary/aromatic N) is 6. The van der Waals surface area contributed by atoms with Crippen LogP contribution in [0.4, 0.5) is 0 Å². The molecule has 0 aliphatic carbocycles. The van der Waals surface area contributed by atoms with Crippen LogP contribution in [-0.4, -0.2) is 27.4 Å². The molecular formula is C105H74N6. The molecule has 0 N–H and O–H groups in total. The summed E-state index contributed by atoms with van der Waals surface area (Å²) in [7, 11) is 2.15. The van der Waals surface area contributed by atoms with Crippen molar-refractivity contribution in [1.29, 1.82) is 0 Å². The zero-order chi connectivity index (χ0) is 73.8. The van der Waals surface area contributed by atoms with Gasteiger partial charge in [0, 0.05) is 111 Å². The summed E-state index contributed by atoms with van der Waals surface area (Å²) in [6, 6.07) is 143. The van der Waals surface area contributed by atoms with Gasteiger partial charge in [0.05, 0.1) is 55.2 Å². The Balaban J connectivity index is 0.000000106. The van der Waals surface area contributed by atoms with Crippen LogP contribution in [0.5, 0.6) is 0 Å². The quantitative estimate of drug-likeness (QED) is 0.145. The van der Waals surface area contributed by atoms with Crippen LogP contribution in [0.3, 0.4) is 0 Å². The first-order valence-corrected chi connectivity index (χ1v) is 38.3. The lowest BCUT2D eigenvalue weighted by Gasteiger charge is -2.10. The normalized spacial score (nSPS) is 11.7. The minimum absolute atomic E-state index is 1.18. The Bertz CT molecular complexity index is 7590. The van der Waals surface area contributed by atoms with E-state index in [9.17, 15) is 0 Å². The summed E-state index contributed by atoms with van der Waals surface area (Å²) in [4.78, 5) is 0. The third-order valence-electron chi connectivity index (χ3n) is 22.9. The fourth-order valence-corrected chi connectivity index (χ4v) is 17.7. The van der Waals surface area contributed by atoms with Gasteiger partial charge in [-0.1, -0.05) is 230 Å². The Labute approximate surface area is 642 Å². The molecule has 23 rings (SSSR count). The summed E-state index contributed by atoms with van der Waals surface area (Å²) in [6.07, 6.45) is 0. The predicted molar refractivity (Wildman–Crippen MR) is 471 cm³/mol. The highest BCUT2D eigenvalue weighted by Gasteiger charge is 2.21. The Morgan fingerprint density at radius 3 is 0.667 bits per heavy atom. The lowest BCUT2D eigenvalue weighted by atomic mass is 10.0. The van der Waals surface area contributed by atoms with Gasteiger partial charge >= 0.3 is 0 Å². The minimum Gasteiger partial charge on any atom is -0.344 e. The predicted octanol–water partition coefficient (Wildman–Crippen LogP) is 27.8. The van der Waals surface area contributed by atoms with Crippen molar-refractivity contribution in [3.05, 3.63) is 405 Å². The summed E-state index contributed by atoms with van der Waals surface area (Å²) in [5.41, 5.74) is 30.7. The van der Waals surface area contributed by atoms with Crippen molar-refractivity contribution in [1.82, 2.24) is 27.4 Å². The van der Waals surface area contributed by atoms with Crippen LogP contribution < -0.4 is 0 Å². The Kier molecular flexibility index (Phi) is 15.5. The van der Waals surface area contributed by atoms with Gasteiger partial charge in [-0.25, -0.2) is 0 Å². The molecule has 0 spiro atoms. The number of hydrogen-bond acceptors (Lipinski definition) is 0. The lowest BCUT2D eigenvalue weighted by molar-refractivity contribution is 1.01. The van der Waals surface area contributed by atoms with E-state index in [4.69, 9.17) is 0 Å². The van der Waals surface area contributed by atoms with Crippen molar-refractivity contribution in [3.8, 4) is 61.8 Å². The van der Waals surface area contributed by atoms with E-state index in [-0.39, 0.29) is 0 Å². The molecule has 6 heterocycles. The molecule has 17 aromatic carbocycles. The third kappa shape index (κ3) is 10.9. The summed E-state index contributed by atoms with van der Waals surface area (Å²) >= 11 is 0. The van der Waals surface area contributed by atoms with Crippen molar-refractivity contribution in [2.45, 2.75) is 13.8 Å². The number of aryl methyl sites for hydroxylation is 3. The zero-order valence-corrected chi connectivity index (χ0v) is 61.7. The topological polar surface area (TPSA) is 29.6 Å². The van der Waals surface area contributed by atoms with Gasteiger partial charge in [-0.2, -0.15) is 0 Å². The van der Waals surface area contributed by atoms with Crippen LogP contribution in [0.1, 0.15) is 11.1 Å². The maximum Gasteiger partial charge on any atom is 0.0541 e. The van der Waals surface area contributed by atoms with E-state index in [0.717, 1.165) is 0 Å². The van der Waals surface area contributed by atoms with Gasteiger partial charge in [-0.05, 0) is 223 Å². The molecule has 6 aromatic heterocycles. The molecule has 0 bridgehead atoms. The van der Waals surface area contributed by atoms with Crippen LogP contribution in [0.15, 0.2) is 394 Å². The summed E-state index contributed by atoms with van der Waals surface area (Å²) in [6.45, 7) is 4.29. The molecule has 0 unspecified atom stereocenters. The second kappa shape index (κ2) is 26.5. The molecule has 0 atom stereocenters. The average molecular weight is 1420 g/mol. The van der Waals surface area contributed by atoms with Crippen LogP contribution in [0.2, 0.25) is 0 Å². The highest BCUT2D eigenvalue weighted by Crippen LogP contribution is 2.43. The van der Waals surface area contributed by atoms with Crippen LogP contribution in [0.25, 0.3) is 193 Å². The van der Waals surface area contributed by atoms with Gasteiger partial charge in [0.15, 0.2) is 0 Å². The Morgan fingerprint density at radius 1 is 0.144 bits per heavy atom. The molecule has 0 radical (unpaired) electrons. The van der Waals surface area contributed by atoms with E-state index in [1.165, 1.54) is 204 Å². The van der Waals surface area contributed by atoms with Crippen LogP contribution in [0, 0.1) is 13.8 Å². The summed E-state index contributed by atoms with van der Waals surface area (Å²) < 4.78 is 14.1. The Morgan fingerprint density at radius 2 is 0.360 bits per heavy atom. The molecule has 0 saturated carbocycles. The van der Waals surface area contributed by atoms with Gasteiger partial charge in [0.1, 0.15) is 0 Å². The number of fused-ring (bicyclic) bond motifs is 18. The van der Waals surface area contributed by atoms with Crippen molar-refractivity contribution in [2.75, 3.05) is 0 Å². The zero-order valence-electron chi connectivity index (χ0n) is 61.7. The third-order valence-corrected chi connectivity index (χ3v) is 22.9. The number of para-hydroxylation sites is 9. The van der Waals surface area contributed by atoms with Crippen molar-refractivity contribution in [3.63, 3.8) is 0 Å². The van der Waals surface area contributed by atoms with Gasteiger partial charge < -0.3 is 27.4 Å². The fourth-order valence-electron chi connectivity index (χ4n) is 17.7. The lowest BCUT2D eigenvalue weighted by Crippen LogP contribution is -1.94. The second-order valence-electron chi connectivity index (χ2n) is 29.4. The van der Waals surface area contributed by atoms with Gasteiger partial charge in [0.25, 0.3) is 0 Å². The maximum atomic E-state index is 2.39. The molecule has 23 aromatic rings. The first-order valence-electron chi connectivity index (χ1n) is 38.3. The SMILES string of the molecule is Cc1ccc(-n2c3ccccc3c3cc(-c4ccc5c(c4)c4ccccc4n5-c4ccccc4)ccc32)cc1.Cc1cccc(-n2c3ccccc3c3cc(-c4ccc5c(c4)c4ccccc4n5-c4ccccc4)ccc32)c1.Cn1c2ccccc2c2cc(-c3ccc4c(c3)c3ccccc3n4-c3ccccc3)ccc21. The molecule has 0 amide bonds. The molecule has 0 saturated heterocycles. The van der Waals surface area contributed by atoms with Crippen LogP contribution >= 0.6 is 0 Å². The van der Waals surface area contributed by atoms with Crippen molar-refractivity contribution in [2.24, 2.45) is 7.05 Å². The molecule has 111 heavy (non-hydrogen) atoms. The molecule has 6 heteroatoms. The number of hydrogen-bond donors (Lipinski definition) is 0. The van der Waals surface area contributed by atoms with E-state index in [1.54, 1.807) is 0 Å². The molecule has 524 valence electrons. The van der Waals surface area contributed by atoms with E-state index >= 15 is 0 Å². The van der Waals surface area contributed by atoms with E-state index < -0.39 is 0 Å². The first-order chi connectivity index (χ1) is 54.8. The first kappa shape index (κ1) is 64.9. The van der Waals surface area contributed by atoms with E-state index in [2.05, 4.69) is 443 Å². The van der Waals surface area contributed by atoms with Crippen molar-refractivity contribution >= 4 is 131 Å². The van der Waals surface area contributed by atoms with Gasteiger partial charge in [0.2, 0.25) is 0 Å². The van der Waals surface area contributed by atoms with Crippen molar-refractivity contribution < 1.29 is 0 Å². The number of benzene rings is 17. The second-order valence-corrected chi connectivity index (χ2v) is 29.4. The molecule has 0 aliphatic rings. The standard InChI is InChI=1S/2C37H26N2.C31H22N2/c1-25-10-9-13-29(22-25)39-35-17-8-6-15-31(35)33-24-27(19-21-37(33)39)26-18-20-36-32(23-26)30-14-5-7-16-34(30)38(36)28-11-3-2-4-12-28;1-25-15-19-29(20-16-25)39-35-14-8-6-12-31(35)33-24-27(18-22-37(33)39)26-17-21-36-32(23-26)30-11-5-7-13-34(30)38(36)28-9-3-2-4-10-28;1-32-28-13-7-5-11-24(28)26-19-21(15-17-29(26)32)22-16-18-31-27(20-22)25-12-6-8-14-30(25)33(31)23-9-3-2-4-10-23/h2*2-24H,1H3;2-20H,1H3. The summed E-state index contributed by atoms with van der Waals surface area (Å²) in [5, 5.41) is 15.4. The monoisotopic (exact) mass is 1420 g/mol. The molecule has 0 aliphatic heterocycles. The van der Waals surface area contributed by atoms with E-state index in [0.29, 0.717) is 0 Å². The number of rotatable bonds is 8. The van der Waals surface area contributed by atoms with E-state index in [1.807, 2.05) is 0 Å². The molecular weight excluding hydrogens is 1350 g/mol. The minimum atomic E-state index is 1.18.